The van der Waals surface area contributed by atoms with E-state index in [-0.39, 0.29) is 13.2 Å². The van der Waals surface area contributed by atoms with Crippen molar-refractivity contribution in [3.8, 4) is 0 Å². The van der Waals surface area contributed by atoms with Crippen LogP contribution in [0, 0.1) is 0 Å². The lowest BCUT2D eigenvalue weighted by Crippen LogP contribution is -2.36. The summed E-state index contributed by atoms with van der Waals surface area (Å²) in [5.41, 5.74) is 0.331. The van der Waals surface area contributed by atoms with Crippen LogP contribution in [0.2, 0.25) is 0 Å². The molecule has 0 aliphatic rings. The molecule has 1 aromatic carbocycles. The van der Waals surface area contributed by atoms with Crippen LogP contribution in [0.4, 0.5) is 4.79 Å². The second-order valence-electron chi connectivity index (χ2n) is 4.59. The Kier molecular flexibility index (Phi) is 9.09. The van der Waals surface area contributed by atoms with E-state index in [1.807, 2.05) is 0 Å². The van der Waals surface area contributed by atoms with E-state index >= 15 is 0 Å². The molecule has 25 heavy (non-hydrogen) atoms. The largest absolute Gasteiger partial charge is 0.465 e. The van der Waals surface area contributed by atoms with Gasteiger partial charge in [0, 0.05) is 0 Å². The molecule has 1 rings (SSSR count). The first-order chi connectivity index (χ1) is 11.9. The number of hydrogen-bond acceptors (Lipinski definition) is 8. The van der Waals surface area contributed by atoms with Crippen molar-refractivity contribution < 1.29 is 33.4 Å². The fourth-order valence-electron chi connectivity index (χ4n) is 1.54. The van der Waals surface area contributed by atoms with E-state index in [9.17, 15) is 19.2 Å². The molecule has 0 aliphatic carbocycles. The third kappa shape index (κ3) is 8.20. The van der Waals surface area contributed by atoms with Gasteiger partial charge in [-0.25, -0.2) is 9.59 Å². The van der Waals surface area contributed by atoms with Crippen LogP contribution in [0.25, 0.3) is 0 Å². The maximum absolute atomic E-state index is 11.7. The summed E-state index contributed by atoms with van der Waals surface area (Å²) in [7, 11) is 0. The van der Waals surface area contributed by atoms with Gasteiger partial charge in [-0.2, -0.15) is 0 Å². The van der Waals surface area contributed by atoms with Crippen LogP contribution in [0.1, 0.15) is 24.2 Å². The smallest absolute Gasteiger partial charge is 0.370 e. The number of rotatable bonds is 8. The Bertz CT molecular complexity index is 606. The normalized spacial score (nSPS) is 11.1. The number of nitrogens with one attached hydrogen (secondary N) is 1. The molecule has 1 N–H and O–H groups in total. The SMILES string of the molecule is CCOC(=O)CNC(=O)C(C)SC(=O)OCOC(=O)c1ccccc1. The third-order valence-corrected chi connectivity index (χ3v) is 3.61. The van der Waals surface area contributed by atoms with E-state index in [4.69, 9.17) is 9.47 Å². The maximum Gasteiger partial charge on any atom is 0.370 e. The molecule has 0 spiro atoms. The van der Waals surface area contributed by atoms with Gasteiger partial charge < -0.3 is 19.5 Å². The monoisotopic (exact) mass is 369 g/mol. The minimum Gasteiger partial charge on any atom is -0.465 e. The molecule has 0 heterocycles. The molecule has 0 fully saturated rings. The predicted octanol–water partition coefficient (Wildman–Crippen LogP) is 1.74. The van der Waals surface area contributed by atoms with Crippen molar-refractivity contribution in [2.75, 3.05) is 19.9 Å². The van der Waals surface area contributed by atoms with Crippen molar-refractivity contribution in [2.24, 2.45) is 0 Å². The van der Waals surface area contributed by atoms with Crippen molar-refractivity contribution in [3.05, 3.63) is 35.9 Å². The number of thioether (sulfide) groups is 1. The van der Waals surface area contributed by atoms with E-state index in [1.54, 1.807) is 37.3 Å². The zero-order chi connectivity index (χ0) is 18.7. The van der Waals surface area contributed by atoms with Crippen molar-refractivity contribution in [1.82, 2.24) is 5.32 Å². The van der Waals surface area contributed by atoms with Crippen LogP contribution in [0.5, 0.6) is 0 Å². The molecule has 9 heteroatoms. The molecular formula is C16H19NO7S. The maximum atomic E-state index is 11.7. The van der Waals surface area contributed by atoms with Crippen molar-refractivity contribution in [2.45, 2.75) is 19.1 Å². The fraction of sp³-hybridized carbons (Fsp3) is 0.375. The summed E-state index contributed by atoms with van der Waals surface area (Å²) in [5.74, 6) is -1.71. The lowest BCUT2D eigenvalue weighted by Gasteiger charge is -2.11. The number of ether oxygens (including phenoxy) is 3. The van der Waals surface area contributed by atoms with Gasteiger partial charge in [-0.3, -0.25) is 9.59 Å². The van der Waals surface area contributed by atoms with Crippen molar-refractivity contribution in [1.29, 1.82) is 0 Å². The molecule has 1 atom stereocenters. The second-order valence-corrected chi connectivity index (χ2v) is 5.87. The number of amides is 1. The number of carbonyl (C=O) groups excluding carboxylic acids is 4. The number of esters is 2. The number of hydrogen-bond donors (Lipinski definition) is 1. The van der Waals surface area contributed by atoms with Gasteiger partial charge in [0.05, 0.1) is 17.4 Å². The quantitative estimate of drug-likeness (QED) is 0.545. The summed E-state index contributed by atoms with van der Waals surface area (Å²) in [6.45, 7) is 2.51. The van der Waals surface area contributed by atoms with Gasteiger partial charge >= 0.3 is 17.2 Å². The Morgan fingerprint density at radius 2 is 1.76 bits per heavy atom. The Morgan fingerprint density at radius 1 is 1.08 bits per heavy atom. The van der Waals surface area contributed by atoms with Gasteiger partial charge in [-0.05, 0) is 37.7 Å². The van der Waals surface area contributed by atoms with Crippen LogP contribution < -0.4 is 5.32 Å². The van der Waals surface area contributed by atoms with Crippen LogP contribution in [-0.2, 0) is 23.8 Å². The molecular weight excluding hydrogens is 350 g/mol. The molecule has 136 valence electrons. The first kappa shape index (κ1) is 20.5. The molecule has 1 unspecified atom stereocenters. The highest BCUT2D eigenvalue weighted by Crippen LogP contribution is 2.14. The molecule has 0 bridgehead atoms. The summed E-state index contributed by atoms with van der Waals surface area (Å²) >= 11 is 0.604. The van der Waals surface area contributed by atoms with Crippen LogP contribution in [0.15, 0.2) is 30.3 Å². The van der Waals surface area contributed by atoms with Gasteiger partial charge in [0.2, 0.25) is 12.7 Å². The summed E-state index contributed by atoms with van der Waals surface area (Å²) in [5, 5.41) is 0.777. The van der Waals surface area contributed by atoms with Crippen molar-refractivity contribution in [3.63, 3.8) is 0 Å². The zero-order valence-electron chi connectivity index (χ0n) is 13.9. The second kappa shape index (κ2) is 11.1. The van der Waals surface area contributed by atoms with Crippen LogP contribution >= 0.6 is 11.8 Å². The number of carbonyl (C=O) groups is 4. The average Bonchev–Trinajstić information content (AvgIpc) is 2.60. The van der Waals surface area contributed by atoms with Gasteiger partial charge in [0.15, 0.2) is 0 Å². The third-order valence-electron chi connectivity index (χ3n) is 2.73. The Morgan fingerprint density at radius 3 is 2.40 bits per heavy atom. The van der Waals surface area contributed by atoms with E-state index < -0.39 is 35.2 Å². The van der Waals surface area contributed by atoms with Gasteiger partial charge in [0.25, 0.3) is 0 Å². The first-order valence-corrected chi connectivity index (χ1v) is 8.31. The minimum atomic E-state index is -0.785. The molecule has 0 radical (unpaired) electrons. The Hall–Kier alpha value is -2.55. The average molecular weight is 369 g/mol. The lowest BCUT2D eigenvalue weighted by atomic mass is 10.2. The molecule has 1 aromatic rings. The standard InChI is InChI=1S/C16H19NO7S/c1-3-22-13(18)9-17-14(19)11(2)25-16(21)24-10-23-15(20)12-7-5-4-6-8-12/h4-8,11H,3,9-10H2,1-2H3,(H,17,19). The molecule has 8 nitrogen and oxygen atoms in total. The molecule has 0 saturated carbocycles. The molecule has 0 aromatic heterocycles. The summed E-state index contributed by atoms with van der Waals surface area (Å²) < 4.78 is 14.2. The topological polar surface area (TPSA) is 108 Å². The van der Waals surface area contributed by atoms with E-state index in [1.165, 1.54) is 6.92 Å². The van der Waals surface area contributed by atoms with Gasteiger partial charge in [0.1, 0.15) is 6.54 Å². The first-order valence-electron chi connectivity index (χ1n) is 7.43. The highest BCUT2D eigenvalue weighted by Gasteiger charge is 2.20. The van der Waals surface area contributed by atoms with E-state index in [0.29, 0.717) is 17.3 Å². The molecule has 0 saturated heterocycles. The van der Waals surface area contributed by atoms with Gasteiger partial charge in [-0.15, -0.1) is 0 Å². The molecule has 0 aliphatic heterocycles. The minimum absolute atomic E-state index is 0.215. The van der Waals surface area contributed by atoms with Gasteiger partial charge in [-0.1, -0.05) is 18.2 Å². The van der Waals surface area contributed by atoms with Crippen LogP contribution in [0.3, 0.4) is 0 Å². The van der Waals surface area contributed by atoms with E-state index in [2.05, 4.69) is 10.1 Å². The molecule has 1 amide bonds. The summed E-state index contributed by atoms with van der Waals surface area (Å²) in [6.07, 6.45) is 0. The predicted molar refractivity (Wildman–Crippen MR) is 89.9 cm³/mol. The highest BCUT2D eigenvalue weighted by molar-refractivity contribution is 8.14. The lowest BCUT2D eigenvalue weighted by molar-refractivity contribution is -0.143. The highest BCUT2D eigenvalue weighted by atomic mass is 32.2. The Balaban J connectivity index is 2.25. The van der Waals surface area contributed by atoms with E-state index in [0.717, 1.165) is 0 Å². The Labute approximate surface area is 149 Å². The summed E-state index contributed by atoms with van der Waals surface area (Å²) in [4.78, 5) is 46.1. The van der Waals surface area contributed by atoms with Crippen LogP contribution in [-0.4, -0.2) is 48.3 Å². The van der Waals surface area contributed by atoms with Crippen molar-refractivity contribution >= 4 is 34.9 Å². The number of benzene rings is 1. The zero-order valence-corrected chi connectivity index (χ0v) is 14.7. The summed E-state index contributed by atoms with van der Waals surface area (Å²) in [6, 6.07) is 8.23. The fourth-order valence-corrected chi connectivity index (χ4v) is 2.13.